The van der Waals surface area contributed by atoms with Gasteiger partial charge >= 0.3 is 0 Å². The van der Waals surface area contributed by atoms with Crippen molar-refractivity contribution in [2.24, 2.45) is 5.92 Å². The fourth-order valence-corrected chi connectivity index (χ4v) is 6.59. The van der Waals surface area contributed by atoms with Crippen molar-refractivity contribution >= 4 is 18.2 Å². The van der Waals surface area contributed by atoms with E-state index in [1.807, 2.05) is 18.2 Å². The third-order valence-corrected chi connectivity index (χ3v) is 12.5. The maximum Gasteiger partial charge on any atom is 0.272 e. The second-order valence-corrected chi connectivity index (χ2v) is 16.2. The Morgan fingerprint density at radius 2 is 1.72 bits per heavy atom. The second kappa shape index (κ2) is 8.27. The SMILES string of the molecule is CC(C)(C)[Si](C)(C)O[C@H]1CC[C@@H](CS(=O)(=O)c2nnnn2-c2ccccc2)CC1. The number of sulfone groups is 1. The Labute approximate surface area is 174 Å². The lowest BCUT2D eigenvalue weighted by atomic mass is 9.89. The van der Waals surface area contributed by atoms with E-state index in [4.69, 9.17) is 4.43 Å². The number of rotatable bonds is 6. The van der Waals surface area contributed by atoms with Crippen LogP contribution >= 0.6 is 0 Å². The molecule has 1 aliphatic carbocycles. The third-order valence-electron chi connectivity index (χ3n) is 6.24. The summed E-state index contributed by atoms with van der Waals surface area (Å²) in [4.78, 5) is 0. The van der Waals surface area contributed by atoms with Gasteiger partial charge in [0.1, 0.15) is 0 Å². The van der Waals surface area contributed by atoms with E-state index in [2.05, 4.69) is 49.4 Å². The van der Waals surface area contributed by atoms with Crippen molar-refractivity contribution in [3.8, 4) is 5.69 Å². The summed E-state index contributed by atoms with van der Waals surface area (Å²) in [6.45, 7) is 11.3. The molecule has 9 heteroatoms. The number of tetrazole rings is 1. The number of benzene rings is 1. The summed E-state index contributed by atoms with van der Waals surface area (Å²) in [5.41, 5.74) is 0.641. The molecule has 0 atom stereocenters. The van der Waals surface area contributed by atoms with Gasteiger partial charge in [-0.3, -0.25) is 0 Å². The standard InChI is InChI=1S/C20H32N4O3SSi/c1-20(2,3)29(4,5)27-18-13-11-16(12-14-18)15-28(25,26)19-21-22-23-24(19)17-9-7-6-8-10-17/h6-10,16,18H,11-15H2,1-5H3/t16-,18+. The van der Waals surface area contributed by atoms with Gasteiger partial charge in [-0.25, -0.2) is 8.42 Å². The minimum atomic E-state index is -3.58. The molecule has 1 aliphatic rings. The smallest absolute Gasteiger partial charge is 0.272 e. The summed E-state index contributed by atoms with van der Waals surface area (Å²) >= 11 is 0. The molecular weight excluding hydrogens is 404 g/mol. The number of para-hydroxylation sites is 1. The predicted octanol–water partition coefficient (Wildman–Crippen LogP) is 4.02. The molecular formula is C20H32N4O3SSi. The molecule has 1 heterocycles. The molecule has 2 aromatic rings. The van der Waals surface area contributed by atoms with Crippen molar-refractivity contribution in [2.75, 3.05) is 5.75 Å². The van der Waals surface area contributed by atoms with E-state index in [-0.39, 0.29) is 28.0 Å². The lowest BCUT2D eigenvalue weighted by molar-refractivity contribution is 0.121. The molecule has 1 fully saturated rings. The lowest BCUT2D eigenvalue weighted by Crippen LogP contribution is -2.44. The Kier molecular flexibility index (Phi) is 6.31. The number of hydrogen-bond donors (Lipinski definition) is 0. The number of nitrogens with zero attached hydrogens (tertiary/aromatic N) is 4. The summed E-state index contributed by atoms with van der Waals surface area (Å²) in [7, 11) is -5.37. The van der Waals surface area contributed by atoms with Crippen LogP contribution in [0.4, 0.5) is 0 Å². The number of aromatic nitrogens is 4. The van der Waals surface area contributed by atoms with Crippen LogP contribution in [-0.4, -0.2) is 48.8 Å². The molecule has 1 aromatic carbocycles. The van der Waals surface area contributed by atoms with E-state index < -0.39 is 18.2 Å². The summed E-state index contributed by atoms with van der Waals surface area (Å²) in [5, 5.41) is 11.4. The zero-order valence-electron chi connectivity index (χ0n) is 18.0. The van der Waals surface area contributed by atoms with Gasteiger partial charge in [-0.15, -0.1) is 0 Å². The van der Waals surface area contributed by atoms with Crippen LogP contribution < -0.4 is 0 Å². The molecule has 1 saturated carbocycles. The van der Waals surface area contributed by atoms with Crippen LogP contribution in [0, 0.1) is 5.92 Å². The Bertz CT molecular complexity index is 915. The third kappa shape index (κ3) is 5.13. The van der Waals surface area contributed by atoms with Crippen molar-refractivity contribution in [1.82, 2.24) is 20.2 Å². The van der Waals surface area contributed by atoms with Gasteiger partial charge in [0.2, 0.25) is 9.84 Å². The van der Waals surface area contributed by atoms with E-state index in [1.54, 1.807) is 12.1 Å². The predicted molar refractivity (Wildman–Crippen MR) is 115 cm³/mol. The molecule has 0 N–H and O–H groups in total. The highest BCUT2D eigenvalue weighted by Crippen LogP contribution is 2.40. The highest BCUT2D eigenvalue weighted by Gasteiger charge is 2.40. The molecule has 0 unspecified atom stereocenters. The first kappa shape index (κ1) is 22.1. The average molecular weight is 437 g/mol. The van der Waals surface area contributed by atoms with Gasteiger partial charge in [0.05, 0.1) is 11.4 Å². The fourth-order valence-electron chi connectivity index (χ4n) is 3.50. The highest BCUT2D eigenvalue weighted by molar-refractivity contribution is 7.91. The van der Waals surface area contributed by atoms with Gasteiger partial charge in [0, 0.05) is 6.10 Å². The van der Waals surface area contributed by atoms with Gasteiger partial charge in [-0.2, -0.15) is 4.68 Å². The summed E-state index contributed by atoms with van der Waals surface area (Å²) in [6.07, 6.45) is 3.77. The van der Waals surface area contributed by atoms with Crippen molar-refractivity contribution in [1.29, 1.82) is 0 Å². The summed E-state index contributed by atoms with van der Waals surface area (Å²) in [5.74, 6) is 0.188. The van der Waals surface area contributed by atoms with E-state index in [0.717, 1.165) is 25.7 Å². The van der Waals surface area contributed by atoms with Crippen LogP contribution in [0.1, 0.15) is 46.5 Å². The minimum absolute atomic E-state index is 0.0764. The monoisotopic (exact) mass is 436 g/mol. The molecule has 0 amide bonds. The molecule has 0 saturated heterocycles. The lowest BCUT2D eigenvalue weighted by Gasteiger charge is -2.41. The van der Waals surface area contributed by atoms with Crippen molar-refractivity contribution in [3.05, 3.63) is 30.3 Å². The van der Waals surface area contributed by atoms with Gasteiger partial charge < -0.3 is 4.43 Å². The molecule has 160 valence electrons. The van der Waals surface area contributed by atoms with Gasteiger partial charge in [-0.05, 0) is 72.3 Å². The zero-order valence-corrected chi connectivity index (χ0v) is 19.8. The van der Waals surface area contributed by atoms with Crippen LogP contribution in [0.15, 0.2) is 35.5 Å². The Morgan fingerprint density at radius 3 is 2.31 bits per heavy atom. The van der Waals surface area contributed by atoms with E-state index >= 15 is 0 Å². The average Bonchev–Trinajstić information content (AvgIpc) is 3.14. The zero-order chi connectivity index (χ0) is 21.3. The largest absolute Gasteiger partial charge is 0.414 e. The van der Waals surface area contributed by atoms with Crippen LogP contribution in [0.25, 0.3) is 5.69 Å². The molecule has 0 aliphatic heterocycles. The first-order chi connectivity index (χ1) is 13.5. The molecule has 0 spiro atoms. The molecule has 1 aromatic heterocycles. The van der Waals surface area contributed by atoms with Crippen LogP contribution in [0.3, 0.4) is 0 Å². The quantitative estimate of drug-likeness (QED) is 0.636. The molecule has 3 rings (SSSR count). The van der Waals surface area contributed by atoms with E-state index in [9.17, 15) is 8.42 Å². The van der Waals surface area contributed by atoms with Gasteiger partial charge in [0.25, 0.3) is 5.16 Å². The highest BCUT2D eigenvalue weighted by atomic mass is 32.2. The van der Waals surface area contributed by atoms with Crippen molar-refractivity contribution in [2.45, 2.75) is 75.8 Å². The maximum atomic E-state index is 13.0. The van der Waals surface area contributed by atoms with Gasteiger partial charge in [0.15, 0.2) is 8.32 Å². The van der Waals surface area contributed by atoms with Crippen LogP contribution in [-0.2, 0) is 14.3 Å². The molecule has 0 radical (unpaired) electrons. The normalized spacial score (nSPS) is 21.3. The van der Waals surface area contributed by atoms with E-state index in [1.165, 1.54) is 4.68 Å². The Balaban J connectivity index is 1.63. The van der Waals surface area contributed by atoms with Crippen LogP contribution in [0.5, 0.6) is 0 Å². The van der Waals surface area contributed by atoms with Gasteiger partial charge in [-0.1, -0.05) is 44.1 Å². The molecule has 29 heavy (non-hydrogen) atoms. The Morgan fingerprint density at radius 1 is 1.10 bits per heavy atom. The van der Waals surface area contributed by atoms with E-state index in [0.29, 0.717) is 5.69 Å². The maximum absolute atomic E-state index is 13.0. The first-order valence-electron chi connectivity index (χ1n) is 10.2. The van der Waals surface area contributed by atoms with Crippen molar-refractivity contribution < 1.29 is 12.8 Å². The fraction of sp³-hybridized carbons (Fsp3) is 0.650. The molecule has 7 nitrogen and oxygen atoms in total. The van der Waals surface area contributed by atoms with Crippen molar-refractivity contribution in [3.63, 3.8) is 0 Å². The number of hydrogen-bond acceptors (Lipinski definition) is 6. The Hall–Kier alpha value is -1.58. The molecule has 0 bridgehead atoms. The topological polar surface area (TPSA) is 87.0 Å². The minimum Gasteiger partial charge on any atom is -0.414 e. The second-order valence-electron chi connectivity index (χ2n) is 9.51. The van der Waals surface area contributed by atoms with Crippen LogP contribution in [0.2, 0.25) is 18.1 Å². The summed E-state index contributed by atoms with van der Waals surface area (Å²) < 4.78 is 33.9. The first-order valence-corrected chi connectivity index (χ1v) is 14.8. The summed E-state index contributed by atoms with van der Waals surface area (Å²) in [6, 6.07) is 9.11.